The van der Waals surface area contributed by atoms with Crippen LogP contribution in [0.15, 0.2) is 18.5 Å². The number of nitrogens with one attached hydrogen (secondary N) is 1. The van der Waals surface area contributed by atoms with Crippen LogP contribution in [0.2, 0.25) is 0 Å². The summed E-state index contributed by atoms with van der Waals surface area (Å²) < 4.78 is 13.0. The van der Waals surface area contributed by atoms with E-state index in [2.05, 4.69) is 22.2 Å². The highest BCUT2D eigenvalue weighted by molar-refractivity contribution is 5.14. The molecule has 1 fully saturated rings. The predicted molar refractivity (Wildman–Crippen MR) is 66.3 cm³/mol. The number of halogens is 1. The van der Waals surface area contributed by atoms with Gasteiger partial charge in [-0.2, -0.15) is 0 Å². The zero-order valence-corrected chi connectivity index (χ0v) is 10.5. The maximum atomic E-state index is 13.0. The first kappa shape index (κ1) is 12.5. The van der Waals surface area contributed by atoms with Crippen molar-refractivity contribution >= 4 is 0 Å². The Hall–Kier alpha value is -1.00. The lowest BCUT2D eigenvalue weighted by Crippen LogP contribution is -2.36. The molecular formula is C13H20FN3. The largest absolute Gasteiger partial charge is 0.309 e. The van der Waals surface area contributed by atoms with Gasteiger partial charge in [0.1, 0.15) is 5.82 Å². The summed E-state index contributed by atoms with van der Waals surface area (Å²) >= 11 is 0. The number of rotatable bonds is 4. The van der Waals surface area contributed by atoms with Crippen LogP contribution in [0.3, 0.4) is 0 Å². The molecule has 2 rings (SSSR count). The zero-order valence-electron chi connectivity index (χ0n) is 10.5. The van der Waals surface area contributed by atoms with Crippen molar-refractivity contribution in [2.45, 2.75) is 31.8 Å². The van der Waals surface area contributed by atoms with Gasteiger partial charge >= 0.3 is 0 Å². The van der Waals surface area contributed by atoms with E-state index in [1.54, 1.807) is 12.3 Å². The highest BCUT2D eigenvalue weighted by atomic mass is 19.1. The van der Waals surface area contributed by atoms with Crippen molar-refractivity contribution in [1.29, 1.82) is 0 Å². The van der Waals surface area contributed by atoms with Crippen LogP contribution in [0.1, 0.15) is 31.4 Å². The third-order valence-corrected chi connectivity index (χ3v) is 3.56. The van der Waals surface area contributed by atoms with Gasteiger partial charge in [0.05, 0.1) is 6.20 Å². The van der Waals surface area contributed by atoms with Crippen LogP contribution >= 0.6 is 0 Å². The SMILES string of the molecule is CC(NCC1CCCN1C)c1cncc(F)c1. The topological polar surface area (TPSA) is 28.2 Å². The number of nitrogens with zero attached hydrogens (tertiary/aromatic N) is 2. The van der Waals surface area contributed by atoms with Crippen molar-refractivity contribution in [3.05, 3.63) is 29.8 Å². The van der Waals surface area contributed by atoms with Crippen LogP contribution in [-0.2, 0) is 0 Å². The molecule has 0 amide bonds. The molecule has 1 saturated heterocycles. The Bertz CT molecular complexity index is 369. The molecule has 0 aromatic carbocycles. The number of likely N-dealkylation sites (tertiary alicyclic amines) is 1. The van der Waals surface area contributed by atoms with Crippen molar-refractivity contribution in [2.75, 3.05) is 20.1 Å². The molecule has 0 bridgehead atoms. The number of aromatic nitrogens is 1. The first-order valence-corrected chi connectivity index (χ1v) is 6.21. The molecule has 0 aliphatic carbocycles. The normalized spacial score (nSPS) is 22.9. The van der Waals surface area contributed by atoms with Crippen LogP contribution in [0, 0.1) is 5.82 Å². The summed E-state index contributed by atoms with van der Waals surface area (Å²) in [7, 11) is 2.16. The first-order valence-electron chi connectivity index (χ1n) is 6.21. The molecular weight excluding hydrogens is 217 g/mol. The molecule has 1 aliphatic rings. The molecule has 1 aromatic heterocycles. The Kier molecular flexibility index (Phi) is 4.07. The van der Waals surface area contributed by atoms with E-state index in [0.717, 1.165) is 12.1 Å². The van der Waals surface area contributed by atoms with Crippen LogP contribution in [0.25, 0.3) is 0 Å². The minimum atomic E-state index is -0.269. The van der Waals surface area contributed by atoms with E-state index >= 15 is 0 Å². The van der Waals surface area contributed by atoms with Gasteiger partial charge in [-0.3, -0.25) is 4.98 Å². The van der Waals surface area contributed by atoms with Crippen molar-refractivity contribution in [1.82, 2.24) is 15.2 Å². The molecule has 2 heterocycles. The Morgan fingerprint density at radius 3 is 3.06 bits per heavy atom. The van der Waals surface area contributed by atoms with Gasteiger partial charge in [-0.25, -0.2) is 4.39 Å². The third-order valence-electron chi connectivity index (χ3n) is 3.56. The van der Waals surface area contributed by atoms with E-state index in [9.17, 15) is 4.39 Å². The fourth-order valence-corrected chi connectivity index (χ4v) is 2.33. The summed E-state index contributed by atoms with van der Waals surface area (Å²) in [5, 5.41) is 3.45. The van der Waals surface area contributed by atoms with Crippen LogP contribution in [0.5, 0.6) is 0 Å². The van der Waals surface area contributed by atoms with E-state index < -0.39 is 0 Å². The summed E-state index contributed by atoms with van der Waals surface area (Å²) in [6, 6.07) is 2.30. The van der Waals surface area contributed by atoms with E-state index in [-0.39, 0.29) is 11.9 Å². The molecule has 3 nitrogen and oxygen atoms in total. The van der Waals surface area contributed by atoms with Crippen LogP contribution < -0.4 is 5.32 Å². The van der Waals surface area contributed by atoms with Crippen molar-refractivity contribution < 1.29 is 4.39 Å². The maximum Gasteiger partial charge on any atom is 0.141 e. The molecule has 1 aromatic rings. The van der Waals surface area contributed by atoms with Gasteiger partial charge in [-0.15, -0.1) is 0 Å². The van der Waals surface area contributed by atoms with Crippen LogP contribution in [0.4, 0.5) is 4.39 Å². The lowest BCUT2D eigenvalue weighted by Gasteiger charge is -2.22. The average Bonchev–Trinajstić information content (AvgIpc) is 2.72. The number of likely N-dealkylation sites (N-methyl/N-ethyl adjacent to an activating group) is 1. The summed E-state index contributed by atoms with van der Waals surface area (Å²) in [6.45, 7) is 4.18. The Morgan fingerprint density at radius 2 is 2.41 bits per heavy atom. The van der Waals surface area contributed by atoms with Crippen molar-refractivity contribution in [3.63, 3.8) is 0 Å². The smallest absolute Gasteiger partial charge is 0.141 e. The molecule has 17 heavy (non-hydrogen) atoms. The van der Waals surface area contributed by atoms with Gasteiger partial charge in [0.15, 0.2) is 0 Å². The fourth-order valence-electron chi connectivity index (χ4n) is 2.33. The summed E-state index contributed by atoms with van der Waals surface area (Å²) in [5.41, 5.74) is 0.908. The van der Waals surface area contributed by atoms with Gasteiger partial charge in [0.25, 0.3) is 0 Å². The molecule has 1 N–H and O–H groups in total. The van der Waals surface area contributed by atoms with Gasteiger partial charge in [0.2, 0.25) is 0 Å². The molecule has 0 saturated carbocycles. The summed E-state index contributed by atoms with van der Waals surface area (Å²) in [4.78, 5) is 6.25. The first-order chi connectivity index (χ1) is 8.16. The highest BCUT2D eigenvalue weighted by Gasteiger charge is 2.21. The lowest BCUT2D eigenvalue weighted by atomic mass is 10.1. The summed E-state index contributed by atoms with van der Waals surface area (Å²) in [6.07, 6.45) is 5.48. The molecule has 2 atom stereocenters. The Morgan fingerprint density at radius 1 is 1.59 bits per heavy atom. The predicted octanol–water partition coefficient (Wildman–Crippen LogP) is 1.97. The molecule has 0 radical (unpaired) electrons. The highest BCUT2D eigenvalue weighted by Crippen LogP contribution is 2.16. The Balaban J connectivity index is 1.86. The Labute approximate surface area is 102 Å². The van der Waals surface area contributed by atoms with Gasteiger partial charge in [-0.1, -0.05) is 0 Å². The lowest BCUT2D eigenvalue weighted by molar-refractivity contribution is 0.293. The third kappa shape index (κ3) is 3.23. The van der Waals surface area contributed by atoms with Gasteiger partial charge < -0.3 is 10.2 Å². The fraction of sp³-hybridized carbons (Fsp3) is 0.615. The van der Waals surface area contributed by atoms with Crippen molar-refractivity contribution in [2.24, 2.45) is 0 Å². The molecule has 94 valence electrons. The average molecular weight is 237 g/mol. The minimum absolute atomic E-state index is 0.146. The second kappa shape index (κ2) is 5.56. The monoisotopic (exact) mass is 237 g/mol. The standard InChI is InChI=1S/C13H20FN3/c1-10(11-6-12(14)8-15-7-11)16-9-13-4-3-5-17(13)2/h6-8,10,13,16H,3-5,9H2,1-2H3. The zero-order chi connectivity index (χ0) is 12.3. The number of pyridine rings is 1. The second-order valence-electron chi connectivity index (χ2n) is 4.84. The maximum absolute atomic E-state index is 13.0. The van der Waals surface area contributed by atoms with E-state index in [1.807, 2.05) is 6.92 Å². The number of hydrogen-bond donors (Lipinski definition) is 1. The number of hydrogen-bond acceptors (Lipinski definition) is 3. The quantitative estimate of drug-likeness (QED) is 0.867. The van der Waals surface area contributed by atoms with E-state index in [0.29, 0.717) is 6.04 Å². The van der Waals surface area contributed by atoms with Crippen LogP contribution in [-0.4, -0.2) is 36.1 Å². The van der Waals surface area contributed by atoms with E-state index in [1.165, 1.54) is 25.6 Å². The minimum Gasteiger partial charge on any atom is -0.309 e. The second-order valence-corrected chi connectivity index (χ2v) is 4.84. The van der Waals surface area contributed by atoms with Gasteiger partial charge in [-0.05, 0) is 45.0 Å². The molecule has 0 spiro atoms. The molecule has 4 heteroatoms. The van der Waals surface area contributed by atoms with Crippen molar-refractivity contribution in [3.8, 4) is 0 Å². The molecule has 2 unspecified atom stereocenters. The van der Waals surface area contributed by atoms with E-state index in [4.69, 9.17) is 0 Å². The molecule has 1 aliphatic heterocycles. The van der Waals surface area contributed by atoms with Gasteiger partial charge in [0, 0.05) is 24.8 Å². The summed E-state index contributed by atoms with van der Waals surface area (Å²) in [5.74, 6) is -0.269.